The molecule has 0 amide bonds. The average Bonchev–Trinajstić information content (AvgIpc) is 2.44. The lowest BCUT2D eigenvalue weighted by molar-refractivity contribution is 0.185. The summed E-state index contributed by atoms with van der Waals surface area (Å²) in [6.45, 7) is 2.75. The van der Waals surface area contributed by atoms with Crippen molar-refractivity contribution >= 4 is 10.9 Å². The topological polar surface area (TPSA) is 25.0 Å². The molecule has 0 atom stereocenters. The fourth-order valence-corrected chi connectivity index (χ4v) is 1.67. The maximum atomic E-state index is 5.16. The number of ether oxygens (including phenoxy) is 1. The molecule has 2 aromatic rings. The van der Waals surface area contributed by atoms with E-state index >= 15 is 0 Å². The molecule has 68 valence electrons. The monoisotopic (exact) mass is 175 g/mol. The standard InChI is InChI=1S/C11H13NO/c1-8-10(7-13-2)9-5-3-4-6-11(9)12-8/h3-6,12H,7H2,1-2H3. The molecule has 0 saturated carbocycles. The van der Waals surface area contributed by atoms with Crippen LogP contribution in [-0.2, 0) is 11.3 Å². The normalized spacial score (nSPS) is 10.9. The Labute approximate surface area is 77.5 Å². The molecule has 0 aliphatic carbocycles. The highest BCUT2D eigenvalue weighted by atomic mass is 16.5. The highest BCUT2D eigenvalue weighted by Gasteiger charge is 2.05. The Hall–Kier alpha value is -1.28. The molecule has 2 rings (SSSR count). The van der Waals surface area contributed by atoms with Crippen LogP contribution in [0.1, 0.15) is 11.3 Å². The van der Waals surface area contributed by atoms with Crippen molar-refractivity contribution < 1.29 is 4.74 Å². The second-order valence-electron chi connectivity index (χ2n) is 3.21. The van der Waals surface area contributed by atoms with E-state index in [4.69, 9.17) is 4.74 Å². The van der Waals surface area contributed by atoms with Crippen molar-refractivity contribution in [2.24, 2.45) is 0 Å². The molecule has 0 bridgehead atoms. The predicted molar refractivity (Wildman–Crippen MR) is 53.7 cm³/mol. The van der Waals surface area contributed by atoms with Gasteiger partial charge in [-0.3, -0.25) is 0 Å². The van der Waals surface area contributed by atoms with Gasteiger partial charge in [0.15, 0.2) is 0 Å². The zero-order chi connectivity index (χ0) is 9.26. The van der Waals surface area contributed by atoms with Gasteiger partial charge in [-0.15, -0.1) is 0 Å². The van der Waals surface area contributed by atoms with Crippen LogP contribution in [0.25, 0.3) is 10.9 Å². The Bertz CT molecular complexity index is 417. The number of para-hydroxylation sites is 1. The van der Waals surface area contributed by atoms with E-state index in [2.05, 4.69) is 30.1 Å². The Balaban J connectivity index is 2.64. The third-order valence-electron chi connectivity index (χ3n) is 2.32. The van der Waals surface area contributed by atoms with E-state index in [0.29, 0.717) is 6.61 Å². The lowest BCUT2D eigenvalue weighted by atomic mass is 10.1. The Morgan fingerprint density at radius 3 is 2.85 bits per heavy atom. The number of nitrogens with one attached hydrogen (secondary N) is 1. The third kappa shape index (κ3) is 1.33. The first-order valence-corrected chi connectivity index (χ1v) is 4.38. The van der Waals surface area contributed by atoms with Crippen LogP contribution in [0.15, 0.2) is 24.3 Å². The summed E-state index contributed by atoms with van der Waals surface area (Å²) in [4.78, 5) is 3.33. The summed E-state index contributed by atoms with van der Waals surface area (Å²) in [6, 6.07) is 8.29. The van der Waals surface area contributed by atoms with Gasteiger partial charge in [-0.1, -0.05) is 18.2 Å². The van der Waals surface area contributed by atoms with Gasteiger partial charge < -0.3 is 9.72 Å². The summed E-state index contributed by atoms with van der Waals surface area (Å²) < 4.78 is 5.16. The number of aromatic amines is 1. The first-order valence-electron chi connectivity index (χ1n) is 4.38. The van der Waals surface area contributed by atoms with Gasteiger partial charge in [0.2, 0.25) is 0 Å². The third-order valence-corrected chi connectivity index (χ3v) is 2.32. The van der Waals surface area contributed by atoms with Crippen molar-refractivity contribution in [3.63, 3.8) is 0 Å². The Kier molecular flexibility index (Phi) is 2.07. The maximum absolute atomic E-state index is 5.16. The molecule has 1 aromatic heterocycles. The first kappa shape index (κ1) is 8.32. The molecule has 0 fully saturated rings. The highest BCUT2D eigenvalue weighted by molar-refractivity contribution is 5.84. The average molecular weight is 175 g/mol. The smallest absolute Gasteiger partial charge is 0.0736 e. The van der Waals surface area contributed by atoms with Crippen LogP contribution in [0.4, 0.5) is 0 Å². The molecule has 1 aromatic carbocycles. The van der Waals surface area contributed by atoms with Gasteiger partial charge >= 0.3 is 0 Å². The zero-order valence-electron chi connectivity index (χ0n) is 7.92. The lowest BCUT2D eigenvalue weighted by Crippen LogP contribution is -1.87. The van der Waals surface area contributed by atoms with Gasteiger partial charge in [-0.25, -0.2) is 0 Å². The molecular formula is C11H13NO. The second kappa shape index (κ2) is 3.23. The van der Waals surface area contributed by atoms with E-state index < -0.39 is 0 Å². The second-order valence-corrected chi connectivity index (χ2v) is 3.21. The van der Waals surface area contributed by atoms with E-state index in [1.54, 1.807) is 7.11 Å². The number of aryl methyl sites for hydroxylation is 1. The van der Waals surface area contributed by atoms with Crippen LogP contribution < -0.4 is 0 Å². The summed E-state index contributed by atoms with van der Waals surface area (Å²) in [5.41, 5.74) is 3.65. The molecule has 1 N–H and O–H groups in total. The summed E-state index contributed by atoms with van der Waals surface area (Å²) >= 11 is 0. The quantitative estimate of drug-likeness (QED) is 0.745. The number of H-pyrrole nitrogens is 1. The molecule has 0 aliphatic rings. The SMILES string of the molecule is COCc1c(C)[nH]c2ccccc12. The summed E-state index contributed by atoms with van der Waals surface area (Å²) in [6.07, 6.45) is 0. The Morgan fingerprint density at radius 2 is 2.08 bits per heavy atom. The largest absolute Gasteiger partial charge is 0.380 e. The van der Waals surface area contributed by atoms with E-state index in [9.17, 15) is 0 Å². The van der Waals surface area contributed by atoms with Crippen LogP contribution in [0.3, 0.4) is 0 Å². The summed E-state index contributed by atoms with van der Waals surface area (Å²) in [5.74, 6) is 0. The van der Waals surface area contributed by atoms with Gasteiger partial charge in [0.1, 0.15) is 0 Å². The van der Waals surface area contributed by atoms with E-state index in [1.807, 2.05) is 6.07 Å². The molecule has 0 spiro atoms. The molecule has 0 radical (unpaired) electrons. The molecule has 0 aliphatic heterocycles. The number of hydrogen-bond donors (Lipinski definition) is 1. The predicted octanol–water partition coefficient (Wildman–Crippen LogP) is 2.62. The molecule has 1 heterocycles. The summed E-state index contributed by atoms with van der Waals surface area (Å²) in [7, 11) is 1.72. The minimum atomic E-state index is 0.676. The van der Waals surface area contributed by atoms with Crippen LogP contribution >= 0.6 is 0 Å². The van der Waals surface area contributed by atoms with Crippen molar-refractivity contribution in [1.82, 2.24) is 4.98 Å². The van der Waals surface area contributed by atoms with Gasteiger partial charge in [-0.05, 0) is 13.0 Å². The van der Waals surface area contributed by atoms with Gasteiger partial charge in [0.05, 0.1) is 6.61 Å². The molecule has 13 heavy (non-hydrogen) atoms. The molecule has 0 saturated heterocycles. The van der Waals surface area contributed by atoms with Crippen molar-refractivity contribution in [1.29, 1.82) is 0 Å². The van der Waals surface area contributed by atoms with E-state index in [0.717, 1.165) is 0 Å². The number of methoxy groups -OCH3 is 1. The number of rotatable bonds is 2. The highest BCUT2D eigenvalue weighted by Crippen LogP contribution is 2.21. The minimum absolute atomic E-state index is 0.676. The fourth-order valence-electron chi connectivity index (χ4n) is 1.67. The number of aromatic nitrogens is 1. The molecular weight excluding hydrogens is 162 g/mol. The van der Waals surface area contributed by atoms with Crippen LogP contribution in [0.2, 0.25) is 0 Å². The maximum Gasteiger partial charge on any atom is 0.0736 e. The van der Waals surface area contributed by atoms with Gasteiger partial charge in [0, 0.05) is 29.3 Å². The number of hydrogen-bond acceptors (Lipinski definition) is 1. The molecule has 2 heteroatoms. The van der Waals surface area contributed by atoms with Crippen molar-refractivity contribution in [3.8, 4) is 0 Å². The van der Waals surface area contributed by atoms with E-state index in [1.165, 1.54) is 22.2 Å². The van der Waals surface area contributed by atoms with Crippen LogP contribution in [-0.4, -0.2) is 12.1 Å². The van der Waals surface area contributed by atoms with Crippen molar-refractivity contribution in [2.45, 2.75) is 13.5 Å². The van der Waals surface area contributed by atoms with E-state index in [-0.39, 0.29) is 0 Å². The number of benzene rings is 1. The van der Waals surface area contributed by atoms with Crippen molar-refractivity contribution in [3.05, 3.63) is 35.5 Å². The van der Waals surface area contributed by atoms with Crippen LogP contribution in [0, 0.1) is 6.92 Å². The molecule has 0 unspecified atom stereocenters. The van der Waals surface area contributed by atoms with Crippen molar-refractivity contribution in [2.75, 3.05) is 7.11 Å². The zero-order valence-corrected chi connectivity index (χ0v) is 7.92. The Morgan fingerprint density at radius 1 is 1.31 bits per heavy atom. The van der Waals surface area contributed by atoms with Gasteiger partial charge in [0.25, 0.3) is 0 Å². The number of fused-ring (bicyclic) bond motifs is 1. The lowest BCUT2D eigenvalue weighted by Gasteiger charge is -1.97. The fraction of sp³-hybridized carbons (Fsp3) is 0.273. The van der Waals surface area contributed by atoms with Gasteiger partial charge in [-0.2, -0.15) is 0 Å². The summed E-state index contributed by atoms with van der Waals surface area (Å²) in [5, 5.41) is 1.27. The van der Waals surface area contributed by atoms with Crippen LogP contribution in [0.5, 0.6) is 0 Å². The first-order chi connectivity index (χ1) is 6.33. The minimum Gasteiger partial charge on any atom is -0.380 e. The molecule has 2 nitrogen and oxygen atoms in total.